The molecule has 3 aromatic rings. The van der Waals surface area contributed by atoms with Crippen LogP contribution in [0.1, 0.15) is 29.8 Å². The lowest BCUT2D eigenvalue weighted by atomic mass is 9.95. The van der Waals surface area contributed by atoms with E-state index in [4.69, 9.17) is 4.74 Å². The van der Waals surface area contributed by atoms with E-state index in [1.807, 2.05) is 18.2 Å². The van der Waals surface area contributed by atoms with Crippen molar-refractivity contribution in [1.29, 1.82) is 0 Å². The first-order chi connectivity index (χ1) is 12.5. The van der Waals surface area contributed by atoms with Crippen molar-refractivity contribution >= 4 is 10.9 Å². The normalized spacial score (nSPS) is 16.6. The zero-order valence-corrected chi connectivity index (χ0v) is 14.5. The maximum atomic E-state index is 12.5. The fourth-order valence-corrected chi connectivity index (χ4v) is 3.71. The third-order valence-electron chi connectivity index (χ3n) is 4.97. The molecule has 8 nitrogen and oxygen atoms in total. The highest BCUT2D eigenvalue weighted by molar-refractivity contribution is 5.86. The predicted molar refractivity (Wildman–Crippen MR) is 97.1 cm³/mol. The predicted octanol–water partition coefficient (Wildman–Crippen LogP) is 0.987. The lowest BCUT2D eigenvalue weighted by molar-refractivity contribution is 0.387. The van der Waals surface area contributed by atoms with Crippen molar-refractivity contribution in [2.45, 2.75) is 25.9 Å². The van der Waals surface area contributed by atoms with Crippen molar-refractivity contribution in [2.75, 3.05) is 13.7 Å². The Kier molecular flexibility index (Phi) is 3.84. The van der Waals surface area contributed by atoms with Crippen LogP contribution < -0.4 is 21.3 Å². The van der Waals surface area contributed by atoms with E-state index in [9.17, 15) is 14.7 Å². The Balaban J connectivity index is 1.95. The van der Waals surface area contributed by atoms with Crippen LogP contribution in [0, 0.1) is 0 Å². The lowest BCUT2D eigenvalue weighted by Gasteiger charge is -2.25. The Bertz CT molecular complexity index is 1110. The minimum absolute atomic E-state index is 0.144. The molecule has 2 aromatic heterocycles. The van der Waals surface area contributed by atoms with E-state index < -0.39 is 17.3 Å². The molecule has 1 atom stereocenters. The molecule has 26 heavy (non-hydrogen) atoms. The Labute approximate surface area is 148 Å². The lowest BCUT2D eigenvalue weighted by Crippen LogP contribution is -2.38. The van der Waals surface area contributed by atoms with Gasteiger partial charge in [0.15, 0.2) is 0 Å². The summed E-state index contributed by atoms with van der Waals surface area (Å²) in [6, 6.07) is 5.23. The molecule has 0 fully saturated rings. The zero-order chi connectivity index (χ0) is 18.4. The Morgan fingerprint density at radius 2 is 2.12 bits per heavy atom. The van der Waals surface area contributed by atoms with E-state index in [2.05, 4.69) is 15.3 Å². The molecule has 8 heteroatoms. The summed E-state index contributed by atoms with van der Waals surface area (Å²) in [5.74, 6) is 0.456. The van der Waals surface area contributed by atoms with Gasteiger partial charge in [0.05, 0.1) is 13.2 Å². The van der Waals surface area contributed by atoms with Gasteiger partial charge in [0, 0.05) is 29.7 Å². The second-order valence-electron chi connectivity index (χ2n) is 6.31. The average Bonchev–Trinajstić information content (AvgIpc) is 3.00. The van der Waals surface area contributed by atoms with Crippen molar-refractivity contribution in [1.82, 2.24) is 19.9 Å². The highest BCUT2D eigenvalue weighted by Crippen LogP contribution is 2.35. The molecular weight excluding hydrogens is 336 g/mol. The number of rotatable bonds is 3. The first-order valence-corrected chi connectivity index (χ1v) is 8.53. The van der Waals surface area contributed by atoms with E-state index >= 15 is 0 Å². The number of nitrogens with zero attached hydrogens (tertiary/aromatic N) is 1. The monoisotopic (exact) mass is 356 g/mol. The minimum atomic E-state index is -0.615. The SMILES string of the molecule is CCn1c(O)c([C@H]2NCCc3c2[nH]c2ccc(OC)cc32)c(=O)[nH]c1=O. The van der Waals surface area contributed by atoms with Crippen LogP contribution >= 0.6 is 0 Å². The summed E-state index contributed by atoms with van der Waals surface area (Å²) in [4.78, 5) is 30.0. The van der Waals surface area contributed by atoms with E-state index in [-0.39, 0.29) is 18.0 Å². The van der Waals surface area contributed by atoms with E-state index in [1.165, 1.54) is 0 Å². The molecule has 4 rings (SSSR count). The molecule has 4 N–H and O–H groups in total. The maximum absolute atomic E-state index is 12.5. The third-order valence-corrected chi connectivity index (χ3v) is 4.97. The molecule has 1 aliphatic rings. The van der Waals surface area contributed by atoms with Gasteiger partial charge in [0.2, 0.25) is 5.88 Å². The van der Waals surface area contributed by atoms with E-state index in [0.29, 0.717) is 6.54 Å². The summed E-state index contributed by atoms with van der Waals surface area (Å²) in [5, 5.41) is 14.9. The zero-order valence-electron chi connectivity index (χ0n) is 14.5. The van der Waals surface area contributed by atoms with Crippen LogP contribution in [-0.4, -0.2) is 33.3 Å². The van der Waals surface area contributed by atoms with Gasteiger partial charge in [-0.3, -0.25) is 14.3 Å². The van der Waals surface area contributed by atoms with Crippen LogP contribution in [0.3, 0.4) is 0 Å². The van der Waals surface area contributed by atoms with Gasteiger partial charge < -0.3 is 20.1 Å². The van der Waals surface area contributed by atoms with Crippen LogP contribution in [0.4, 0.5) is 0 Å². The highest BCUT2D eigenvalue weighted by atomic mass is 16.5. The van der Waals surface area contributed by atoms with Crippen molar-refractivity contribution in [3.05, 3.63) is 55.9 Å². The Morgan fingerprint density at radius 3 is 2.85 bits per heavy atom. The summed E-state index contributed by atoms with van der Waals surface area (Å²) < 4.78 is 6.46. The molecule has 0 spiro atoms. The van der Waals surface area contributed by atoms with E-state index in [0.717, 1.165) is 38.9 Å². The molecule has 0 aliphatic carbocycles. The summed E-state index contributed by atoms with van der Waals surface area (Å²) in [6.07, 6.45) is 0.783. The molecule has 0 saturated carbocycles. The number of methoxy groups -OCH3 is 1. The molecule has 0 saturated heterocycles. The number of ether oxygens (including phenoxy) is 1. The van der Waals surface area contributed by atoms with Crippen molar-refractivity contribution in [2.24, 2.45) is 0 Å². The smallest absolute Gasteiger partial charge is 0.331 e. The second kappa shape index (κ2) is 6.06. The summed E-state index contributed by atoms with van der Waals surface area (Å²) in [5.41, 5.74) is 1.78. The maximum Gasteiger partial charge on any atom is 0.331 e. The van der Waals surface area contributed by atoms with Crippen LogP contribution in [0.2, 0.25) is 0 Å². The van der Waals surface area contributed by atoms with Crippen molar-refractivity contribution in [3.63, 3.8) is 0 Å². The number of aromatic amines is 2. The van der Waals surface area contributed by atoms with Crippen molar-refractivity contribution in [3.8, 4) is 11.6 Å². The fraction of sp³-hybridized carbons (Fsp3) is 0.333. The Morgan fingerprint density at radius 1 is 1.31 bits per heavy atom. The molecule has 0 radical (unpaired) electrons. The van der Waals surface area contributed by atoms with Crippen LogP contribution in [-0.2, 0) is 13.0 Å². The van der Waals surface area contributed by atoms with Gasteiger partial charge in [0.1, 0.15) is 11.3 Å². The van der Waals surface area contributed by atoms with Gasteiger partial charge in [-0.15, -0.1) is 0 Å². The quantitative estimate of drug-likeness (QED) is 0.559. The fourth-order valence-electron chi connectivity index (χ4n) is 3.71. The molecule has 3 heterocycles. The number of benzene rings is 1. The van der Waals surface area contributed by atoms with Crippen molar-refractivity contribution < 1.29 is 9.84 Å². The number of nitrogens with one attached hydrogen (secondary N) is 3. The standard InChI is InChI=1S/C18H20N4O4/c1-3-22-17(24)13(16(23)21-18(22)25)15-14-10(6-7-19-15)11-8-9(26-2)4-5-12(11)20-14/h4-5,8,15,19-20,24H,3,6-7H2,1-2H3,(H,21,23,25)/t15-/m1/s1. The first-order valence-electron chi connectivity index (χ1n) is 8.53. The Hall–Kier alpha value is -3.00. The molecule has 1 aromatic carbocycles. The molecule has 1 aliphatic heterocycles. The molecule has 0 amide bonds. The van der Waals surface area contributed by atoms with Gasteiger partial charge in [0.25, 0.3) is 5.56 Å². The van der Waals surface area contributed by atoms with Crippen LogP contribution in [0.15, 0.2) is 27.8 Å². The van der Waals surface area contributed by atoms with Gasteiger partial charge in [-0.1, -0.05) is 0 Å². The average molecular weight is 356 g/mol. The number of aromatic hydroxyl groups is 1. The van der Waals surface area contributed by atoms with Crippen LogP contribution in [0.5, 0.6) is 11.6 Å². The first kappa shape index (κ1) is 16.5. The number of hydrogen-bond donors (Lipinski definition) is 4. The number of H-pyrrole nitrogens is 2. The summed E-state index contributed by atoms with van der Waals surface area (Å²) in [6.45, 7) is 2.64. The number of fused-ring (bicyclic) bond motifs is 3. The van der Waals surface area contributed by atoms with Crippen LogP contribution in [0.25, 0.3) is 10.9 Å². The summed E-state index contributed by atoms with van der Waals surface area (Å²) >= 11 is 0. The molecular formula is C18H20N4O4. The molecule has 0 unspecified atom stereocenters. The molecule has 0 bridgehead atoms. The van der Waals surface area contributed by atoms with Gasteiger partial charge in [-0.05, 0) is 37.1 Å². The number of hydrogen-bond acceptors (Lipinski definition) is 5. The van der Waals surface area contributed by atoms with Gasteiger partial charge >= 0.3 is 5.69 Å². The topological polar surface area (TPSA) is 112 Å². The number of aromatic nitrogens is 3. The van der Waals surface area contributed by atoms with Gasteiger partial charge in [-0.25, -0.2) is 4.79 Å². The molecule has 136 valence electrons. The minimum Gasteiger partial charge on any atom is -0.497 e. The third kappa shape index (κ3) is 2.33. The second-order valence-corrected chi connectivity index (χ2v) is 6.31. The van der Waals surface area contributed by atoms with E-state index in [1.54, 1.807) is 14.0 Å². The largest absolute Gasteiger partial charge is 0.497 e. The van der Waals surface area contributed by atoms with Gasteiger partial charge in [-0.2, -0.15) is 0 Å². The highest BCUT2D eigenvalue weighted by Gasteiger charge is 2.30. The summed E-state index contributed by atoms with van der Waals surface area (Å²) in [7, 11) is 1.62.